The summed E-state index contributed by atoms with van der Waals surface area (Å²) >= 11 is 0. The monoisotopic (exact) mass is 603 g/mol. The van der Waals surface area contributed by atoms with Crippen LogP contribution in [0.2, 0.25) is 0 Å². The van der Waals surface area contributed by atoms with Crippen molar-refractivity contribution in [1.82, 2.24) is 9.88 Å². The summed E-state index contributed by atoms with van der Waals surface area (Å²) in [5.74, 6) is -1.23. The highest BCUT2D eigenvalue weighted by Gasteiger charge is 2.61. The number of esters is 2. The molecule has 226 valence electrons. The molecule has 2 fully saturated rings. The number of ether oxygens (including phenoxy) is 2. The third kappa shape index (κ3) is 5.82. The van der Waals surface area contributed by atoms with Crippen molar-refractivity contribution < 1.29 is 28.8 Å². The first-order valence-electron chi connectivity index (χ1n) is 14.4. The molecule has 2 saturated heterocycles. The smallest absolute Gasteiger partial charge is 0.345 e. The van der Waals surface area contributed by atoms with Crippen LogP contribution >= 0.6 is 0 Å². The van der Waals surface area contributed by atoms with E-state index in [2.05, 4.69) is 4.98 Å². The fourth-order valence-corrected chi connectivity index (χ4v) is 5.94. The Balaban J connectivity index is 1.16. The second kappa shape index (κ2) is 11.8. The fraction of sp³-hybridized carbons (Fsp3) is 0.200. The van der Waals surface area contributed by atoms with E-state index in [0.29, 0.717) is 17.7 Å². The van der Waals surface area contributed by atoms with Crippen molar-refractivity contribution in [3.05, 3.63) is 141 Å². The molecule has 1 aromatic heterocycles. The number of hydrogen-bond acceptors (Lipinski definition) is 8. The van der Waals surface area contributed by atoms with Gasteiger partial charge in [0.25, 0.3) is 11.6 Å². The lowest BCUT2D eigenvalue weighted by atomic mass is 9.83. The van der Waals surface area contributed by atoms with Gasteiger partial charge in [-0.15, -0.1) is 0 Å². The highest BCUT2D eigenvalue weighted by Crippen LogP contribution is 2.50. The van der Waals surface area contributed by atoms with Crippen LogP contribution in [0.1, 0.15) is 53.6 Å². The molecule has 4 aromatic rings. The molecule has 3 aromatic carbocycles. The van der Waals surface area contributed by atoms with Gasteiger partial charge in [-0.05, 0) is 53.3 Å². The van der Waals surface area contributed by atoms with Gasteiger partial charge < -0.3 is 14.4 Å². The number of nitrogens with zero attached hydrogens (tertiary/aromatic N) is 3. The molecule has 2 atom stereocenters. The molecule has 0 spiro atoms. The molecule has 1 unspecified atom stereocenters. The molecule has 0 radical (unpaired) electrons. The van der Waals surface area contributed by atoms with Crippen LogP contribution in [0, 0.1) is 15.5 Å². The average Bonchev–Trinajstić information content (AvgIpc) is 3.31. The van der Waals surface area contributed by atoms with Crippen molar-refractivity contribution in [2.75, 3.05) is 0 Å². The maximum atomic E-state index is 13.8. The Morgan fingerprint density at radius 1 is 0.956 bits per heavy atom. The Bertz CT molecular complexity index is 1750. The van der Waals surface area contributed by atoms with E-state index in [-0.39, 0.29) is 28.9 Å². The number of nitro benzene ring substituents is 1. The molecule has 3 heterocycles. The van der Waals surface area contributed by atoms with E-state index < -0.39 is 34.4 Å². The van der Waals surface area contributed by atoms with Crippen molar-refractivity contribution in [2.24, 2.45) is 5.41 Å². The number of amides is 1. The van der Waals surface area contributed by atoms with Gasteiger partial charge in [0.1, 0.15) is 11.8 Å². The Hall–Kier alpha value is -5.64. The summed E-state index contributed by atoms with van der Waals surface area (Å²) in [6.07, 6.45) is 2.98. The van der Waals surface area contributed by atoms with E-state index in [1.807, 2.05) is 74.5 Å². The lowest BCUT2D eigenvalue weighted by molar-refractivity contribution is -0.384. The minimum atomic E-state index is -0.758. The van der Waals surface area contributed by atoms with E-state index in [0.717, 1.165) is 11.1 Å². The quantitative estimate of drug-likeness (QED) is 0.0605. The van der Waals surface area contributed by atoms with Crippen LogP contribution in [0.3, 0.4) is 0 Å². The van der Waals surface area contributed by atoms with Crippen molar-refractivity contribution in [1.29, 1.82) is 0 Å². The lowest BCUT2D eigenvalue weighted by Crippen LogP contribution is -2.58. The molecule has 45 heavy (non-hydrogen) atoms. The molecule has 10 nitrogen and oxygen atoms in total. The zero-order valence-corrected chi connectivity index (χ0v) is 24.5. The maximum Gasteiger partial charge on any atom is 0.345 e. The number of pyridine rings is 1. The Morgan fingerprint density at radius 2 is 1.58 bits per heavy atom. The maximum absolute atomic E-state index is 13.8. The first-order valence-corrected chi connectivity index (χ1v) is 14.4. The van der Waals surface area contributed by atoms with Gasteiger partial charge in [-0.2, -0.15) is 0 Å². The van der Waals surface area contributed by atoms with Crippen LogP contribution in [-0.4, -0.2) is 44.7 Å². The van der Waals surface area contributed by atoms with Crippen LogP contribution < -0.4 is 4.74 Å². The second-order valence-corrected chi connectivity index (χ2v) is 11.7. The third-order valence-corrected chi connectivity index (χ3v) is 8.16. The van der Waals surface area contributed by atoms with Crippen molar-refractivity contribution in [3.63, 3.8) is 0 Å². The number of carbonyl (C=O) groups is 3. The molecule has 10 heteroatoms. The summed E-state index contributed by atoms with van der Waals surface area (Å²) in [4.78, 5) is 56.0. The van der Waals surface area contributed by atoms with Crippen LogP contribution in [0.5, 0.6) is 5.75 Å². The molecule has 2 aliphatic rings. The number of benzene rings is 3. The summed E-state index contributed by atoms with van der Waals surface area (Å²) in [5.41, 5.74) is 2.21. The summed E-state index contributed by atoms with van der Waals surface area (Å²) in [6, 6.07) is 26.3. The second-order valence-electron chi connectivity index (χ2n) is 11.7. The summed E-state index contributed by atoms with van der Waals surface area (Å²) in [5, 5.41) is 10.8. The van der Waals surface area contributed by atoms with Gasteiger partial charge >= 0.3 is 11.9 Å². The molecular weight excluding hydrogens is 574 g/mol. The SMILES string of the molecule is CC1(C)CC2/C(=C\c3ccc(C(=O)Oc4ccc([N+](=O)[O-])cc4)cn3)C(=O)N2[C@H]1C(=O)OC(c1ccccc1)c1ccccc1. The Morgan fingerprint density at radius 3 is 2.13 bits per heavy atom. The number of non-ortho nitro benzene ring substituents is 1. The van der Waals surface area contributed by atoms with E-state index in [9.17, 15) is 24.5 Å². The van der Waals surface area contributed by atoms with Crippen molar-refractivity contribution in [3.8, 4) is 5.75 Å². The van der Waals surface area contributed by atoms with Gasteiger partial charge in [-0.25, -0.2) is 9.59 Å². The normalized spacial score (nSPS) is 19.1. The molecule has 0 N–H and O–H groups in total. The van der Waals surface area contributed by atoms with Crippen molar-refractivity contribution >= 4 is 29.6 Å². The molecule has 0 saturated carbocycles. The number of hydrogen-bond donors (Lipinski definition) is 0. The van der Waals surface area contributed by atoms with Gasteiger partial charge in [-0.3, -0.25) is 19.9 Å². The van der Waals surface area contributed by atoms with E-state index in [4.69, 9.17) is 9.47 Å². The number of rotatable bonds is 8. The molecule has 6 rings (SSSR count). The predicted molar refractivity (Wildman–Crippen MR) is 164 cm³/mol. The van der Waals surface area contributed by atoms with Crippen LogP contribution in [0.15, 0.2) is 109 Å². The minimum absolute atomic E-state index is 0.115. The van der Waals surface area contributed by atoms with Gasteiger partial charge in [0.15, 0.2) is 6.10 Å². The van der Waals surface area contributed by atoms with Gasteiger partial charge in [0.05, 0.1) is 22.2 Å². The molecule has 1 amide bonds. The number of β-lactam (4-membered cyclic amide) rings is 1. The number of carbonyl (C=O) groups excluding carboxylic acids is 3. The topological polar surface area (TPSA) is 129 Å². The fourth-order valence-electron chi connectivity index (χ4n) is 5.94. The predicted octanol–water partition coefficient (Wildman–Crippen LogP) is 5.93. The third-order valence-electron chi connectivity index (χ3n) is 8.16. The highest BCUT2D eigenvalue weighted by atomic mass is 16.6. The number of aromatic nitrogens is 1. The summed E-state index contributed by atoms with van der Waals surface area (Å²) in [7, 11) is 0. The van der Waals surface area contributed by atoms with Gasteiger partial charge in [0, 0.05) is 23.9 Å². The molecule has 0 aliphatic carbocycles. The number of nitro groups is 1. The summed E-state index contributed by atoms with van der Waals surface area (Å²) < 4.78 is 11.4. The van der Waals surface area contributed by atoms with E-state index in [1.165, 1.54) is 36.5 Å². The molecular formula is C35H29N3O7. The Kier molecular flexibility index (Phi) is 7.72. The Labute approximate surface area is 259 Å². The first-order chi connectivity index (χ1) is 21.6. The molecule has 2 aliphatic heterocycles. The number of fused-ring (bicyclic) bond motifs is 1. The first kappa shape index (κ1) is 29.4. The van der Waals surface area contributed by atoms with E-state index in [1.54, 1.807) is 17.0 Å². The summed E-state index contributed by atoms with van der Waals surface area (Å²) in [6.45, 7) is 3.93. The van der Waals surface area contributed by atoms with Crippen molar-refractivity contribution in [2.45, 2.75) is 38.5 Å². The van der Waals surface area contributed by atoms with Crippen LogP contribution in [0.25, 0.3) is 6.08 Å². The van der Waals surface area contributed by atoms with Crippen LogP contribution in [-0.2, 0) is 14.3 Å². The van der Waals surface area contributed by atoms with E-state index >= 15 is 0 Å². The zero-order chi connectivity index (χ0) is 31.7. The molecule has 0 bridgehead atoms. The van der Waals surface area contributed by atoms with Crippen LogP contribution in [0.4, 0.5) is 5.69 Å². The van der Waals surface area contributed by atoms with Gasteiger partial charge in [-0.1, -0.05) is 74.5 Å². The minimum Gasteiger partial charge on any atom is -0.451 e. The standard InChI is InChI=1S/C35H29N3O7/c1-35(2)20-29-28(19-25-14-13-24(21-36-25)33(40)44-27-17-15-26(16-18-27)38(42)43)32(39)37(29)31(35)34(41)45-30(22-9-5-3-6-10-22)23-11-7-4-8-12-23/h3-19,21,29-31H,20H2,1-2H3/b28-19+/t29?,31-/m0/s1. The largest absolute Gasteiger partial charge is 0.451 e. The van der Waals surface area contributed by atoms with Gasteiger partial charge in [0.2, 0.25) is 0 Å². The average molecular weight is 604 g/mol. The highest BCUT2D eigenvalue weighted by molar-refractivity contribution is 6.08. The zero-order valence-electron chi connectivity index (χ0n) is 24.5. The lowest BCUT2D eigenvalue weighted by Gasteiger charge is -2.41.